The van der Waals surface area contributed by atoms with Gasteiger partial charge in [-0.05, 0) is 25.7 Å². The molecule has 148 valence electrons. The van der Waals surface area contributed by atoms with E-state index in [1.165, 1.54) is 6.08 Å². The minimum absolute atomic E-state index is 0.249. The number of carbonyl (C=O) groups is 1. The van der Waals surface area contributed by atoms with Gasteiger partial charge in [-0.3, -0.25) is 4.79 Å². The number of aliphatic carboxylic acids is 1. The zero-order valence-electron chi connectivity index (χ0n) is 15.9. The molecule has 4 atom stereocenters. The Morgan fingerprint density at radius 3 is 2.00 bits per heavy atom. The molecule has 0 radical (unpaired) electrons. The van der Waals surface area contributed by atoms with E-state index in [2.05, 4.69) is 6.92 Å². The summed E-state index contributed by atoms with van der Waals surface area (Å²) in [4.78, 5) is 10.9. The molecule has 5 nitrogen and oxygen atoms in total. The van der Waals surface area contributed by atoms with Crippen LogP contribution in [0.4, 0.5) is 0 Å². The van der Waals surface area contributed by atoms with E-state index in [9.17, 15) is 20.1 Å². The average Bonchev–Trinajstić information content (AvgIpc) is 2.58. The highest BCUT2D eigenvalue weighted by molar-refractivity contribution is 5.69. The number of aliphatic hydroxyl groups excluding tert-OH is 3. The van der Waals surface area contributed by atoms with Crippen molar-refractivity contribution in [2.24, 2.45) is 5.92 Å². The number of hydrogen-bond donors (Lipinski definition) is 4. The minimum atomic E-state index is -0.947. The lowest BCUT2D eigenvalue weighted by Gasteiger charge is -2.15. The molecule has 0 aromatic rings. The van der Waals surface area contributed by atoms with Gasteiger partial charge in [-0.1, -0.05) is 70.9 Å². The van der Waals surface area contributed by atoms with Crippen molar-refractivity contribution < 1.29 is 25.2 Å². The first-order chi connectivity index (χ1) is 11.9. The molecular weight excluding hydrogens is 320 g/mol. The highest BCUT2D eigenvalue weighted by atomic mass is 16.4. The molecule has 0 amide bonds. The van der Waals surface area contributed by atoms with Gasteiger partial charge in [0.05, 0.1) is 24.2 Å². The summed E-state index contributed by atoms with van der Waals surface area (Å²) in [5.74, 6) is -0.967. The molecule has 4 unspecified atom stereocenters. The van der Waals surface area contributed by atoms with E-state index >= 15 is 0 Å². The van der Waals surface area contributed by atoms with Crippen molar-refractivity contribution in [3.63, 3.8) is 0 Å². The van der Waals surface area contributed by atoms with Crippen LogP contribution in [0.5, 0.6) is 0 Å². The minimum Gasteiger partial charge on any atom is -0.481 e. The number of rotatable bonds is 16. The van der Waals surface area contributed by atoms with Gasteiger partial charge in [0.2, 0.25) is 0 Å². The van der Waals surface area contributed by atoms with Gasteiger partial charge >= 0.3 is 5.97 Å². The van der Waals surface area contributed by atoms with E-state index in [4.69, 9.17) is 5.11 Å². The molecule has 0 aromatic carbocycles. The van der Waals surface area contributed by atoms with Crippen LogP contribution in [0.1, 0.15) is 84.5 Å². The van der Waals surface area contributed by atoms with Gasteiger partial charge in [0.25, 0.3) is 0 Å². The zero-order valence-corrected chi connectivity index (χ0v) is 15.9. The van der Waals surface area contributed by atoms with Crippen LogP contribution in [0, 0.1) is 5.92 Å². The smallest absolute Gasteiger partial charge is 0.306 e. The molecule has 0 aliphatic rings. The number of carboxylic acids is 1. The van der Waals surface area contributed by atoms with Crippen molar-refractivity contribution in [3.8, 4) is 0 Å². The number of carboxylic acid groups (broad SMARTS) is 1. The summed E-state index contributed by atoms with van der Waals surface area (Å²) < 4.78 is 0. The van der Waals surface area contributed by atoms with Crippen LogP contribution in [0.2, 0.25) is 0 Å². The van der Waals surface area contributed by atoms with Gasteiger partial charge < -0.3 is 20.4 Å². The Morgan fingerprint density at radius 2 is 1.44 bits per heavy atom. The summed E-state index contributed by atoms with van der Waals surface area (Å²) in [5, 5.41) is 38.6. The topological polar surface area (TPSA) is 98.0 Å². The number of hydrogen-bond acceptors (Lipinski definition) is 4. The molecule has 0 spiro atoms. The maximum absolute atomic E-state index is 10.9. The lowest BCUT2D eigenvalue weighted by Crippen LogP contribution is -2.24. The zero-order chi connectivity index (χ0) is 19.1. The fourth-order valence-electron chi connectivity index (χ4n) is 2.84. The van der Waals surface area contributed by atoms with Crippen LogP contribution in [0.15, 0.2) is 12.2 Å². The van der Waals surface area contributed by atoms with E-state index in [1.807, 2.05) is 6.92 Å². The van der Waals surface area contributed by atoms with Crippen molar-refractivity contribution in [1.29, 1.82) is 0 Å². The van der Waals surface area contributed by atoms with Crippen molar-refractivity contribution in [2.75, 3.05) is 0 Å². The summed E-state index contributed by atoms with van der Waals surface area (Å²) in [5.41, 5.74) is 0. The molecule has 0 saturated heterocycles. The molecule has 0 fully saturated rings. The average molecular weight is 359 g/mol. The molecule has 0 rings (SSSR count). The lowest BCUT2D eigenvalue weighted by atomic mass is 9.97. The van der Waals surface area contributed by atoms with E-state index < -0.39 is 24.3 Å². The fraction of sp³-hybridized carbons (Fsp3) is 0.850. The number of unbranched alkanes of at least 4 members (excludes halogenated alkanes) is 5. The second-order valence-corrected chi connectivity index (χ2v) is 6.94. The molecule has 0 saturated carbocycles. The van der Waals surface area contributed by atoms with Crippen molar-refractivity contribution in [3.05, 3.63) is 12.2 Å². The van der Waals surface area contributed by atoms with Crippen LogP contribution in [-0.2, 0) is 4.79 Å². The summed E-state index contributed by atoms with van der Waals surface area (Å²) in [6.07, 6.45) is 9.98. The Balaban J connectivity index is 3.79. The van der Waals surface area contributed by atoms with Crippen LogP contribution < -0.4 is 0 Å². The molecule has 4 N–H and O–H groups in total. The predicted octanol–water partition coefficient (Wildman–Crippen LogP) is 3.66. The molecule has 0 aliphatic heterocycles. The van der Waals surface area contributed by atoms with Gasteiger partial charge in [0.1, 0.15) is 0 Å². The second-order valence-electron chi connectivity index (χ2n) is 6.94. The van der Waals surface area contributed by atoms with E-state index in [0.29, 0.717) is 25.7 Å². The molecule has 0 aliphatic carbocycles. The van der Waals surface area contributed by atoms with E-state index in [0.717, 1.165) is 44.9 Å². The van der Waals surface area contributed by atoms with Gasteiger partial charge in [-0.25, -0.2) is 0 Å². The highest BCUT2D eigenvalue weighted by Crippen LogP contribution is 2.16. The van der Waals surface area contributed by atoms with Crippen LogP contribution in [-0.4, -0.2) is 44.7 Å². The highest BCUT2D eigenvalue weighted by Gasteiger charge is 2.15. The Kier molecular flexibility index (Phi) is 14.8. The first kappa shape index (κ1) is 24.1. The van der Waals surface area contributed by atoms with Gasteiger partial charge in [0, 0.05) is 0 Å². The largest absolute Gasteiger partial charge is 0.481 e. The molecule has 25 heavy (non-hydrogen) atoms. The normalized spacial score (nSPS) is 16.7. The van der Waals surface area contributed by atoms with Crippen molar-refractivity contribution in [2.45, 2.75) is 103 Å². The third-order valence-corrected chi connectivity index (χ3v) is 4.67. The summed E-state index contributed by atoms with van der Waals surface area (Å²) in [7, 11) is 0. The van der Waals surface area contributed by atoms with E-state index in [-0.39, 0.29) is 5.92 Å². The molecule has 5 heteroatoms. The van der Waals surface area contributed by atoms with Crippen LogP contribution >= 0.6 is 0 Å². The first-order valence-electron chi connectivity index (χ1n) is 9.87. The Labute approximate surface area is 152 Å². The molecule has 0 aromatic heterocycles. The fourth-order valence-corrected chi connectivity index (χ4v) is 2.84. The van der Waals surface area contributed by atoms with Crippen molar-refractivity contribution in [1.82, 2.24) is 0 Å². The Morgan fingerprint density at radius 1 is 0.840 bits per heavy atom. The second kappa shape index (κ2) is 15.4. The van der Waals surface area contributed by atoms with Crippen molar-refractivity contribution >= 4 is 5.97 Å². The third-order valence-electron chi connectivity index (χ3n) is 4.67. The maximum Gasteiger partial charge on any atom is 0.306 e. The monoisotopic (exact) mass is 358 g/mol. The summed E-state index contributed by atoms with van der Waals surface area (Å²) in [6.45, 7) is 4.00. The van der Waals surface area contributed by atoms with Crippen LogP contribution in [0.3, 0.4) is 0 Å². The molecule has 0 heterocycles. The van der Waals surface area contributed by atoms with Gasteiger partial charge in [-0.2, -0.15) is 0 Å². The molecular formula is C20H38O5. The van der Waals surface area contributed by atoms with Gasteiger partial charge in [0.15, 0.2) is 0 Å². The summed E-state index contributed by atoms with van der Waals surface area (Å²) in [6, 6.07) is 0. The standard InChI is InChI=1S/C20H38O5/c1-3-5-8-12-17(21)14-15-19(23)18(22)13-10-7-6-9-11-16(4-2)20(24)25/h14-19,21-23H,3-13H2,1-2H3,(H,24,25). The predicted molar refractivity (Wildman–Crippen MR) is 100 cm³/mol. The quantitative estimate of drug-likeness (QED) is 0.249. The lowest BCUT2D eigenvalue weighted by molar-refractivity contribution is -0.142. The Hall–Kier alpha value is -0.910. The first-order valence-corrected chi connectivity index (χ1v) is 9.87. The summed E-state index contributed by atoms with van der Waals surface area (Å²) >= 11 is 0. The Bertz CT molecular complexity index is 356. The maximum atomic E-state index is 10.9. The van der Waals surface area contributed by atoms with E-state index in [1.54, 1.807) is 6.08 Å². The number of aliphatic hydroxyl groups is 3. The third kappa shape index (κ3) is 13.0. The van der Waals surface area contributed by atoms with Crippen LogP contribution in [0.25, 0.3) is 0 Å². The van der Waals surface area contributed by atoms with Gasteiger partial charge in [-0.15, -0.1) is 0 Å². The molecule has 0 bridgehead atoms. The SMILES string of the molecule is CCCCCC(O)C=CC(O)C(O)CCCCCCC(CC)C(=O)O.